The van der Waals surface area contributed by atoms with Crippen LogP contribution < -0.4 is 11.1 Å². The number of rotatable bonds is 5. The third kappa shape index (κ3) is 2.84. The topological polar surface area (TPSA) is 55.1 Å². The van der Waals surface area contributed by atoms with Crippen molar-refractivity contribution in [1.82, 2.24) is 5.32 Å². The van der Waals surface area contributed by atoms with Crippen LogP contribution in [0.25, 0.3) is 0 Å². The summed E-state index contributed by atoms with van der Waals surface area (Å²) >= 11 is 0. The lowest BCUT2D eigenvalue weighted by molar-refractivity contribution is -0.125. The van der Waals surface area contributed by atoms with E-state index >= 15 is 0 Å². The Morgan fingerprint density at radius 3 is 3.00 bits per heavy atom. The van der Waals surface area contributed by atoms with Crippen molar-refractivity contribution in [2.45, 2.75) is 25.7 Å². The van der Waals surface area contributed by atoms with Crippen LogP contribution in [0.2, 0.25) is 0 Å². The van der Waals surface area contributed by atoms with Crippen LogP contribution in [0.1, 0.15) is 25.7 Å². The third-order valence-electron chi connectivity index (χ3n) is 2.95. The highest BCUT2D eigenvalue weighted by atomic mass is 16.1. The molecule has 80 valence electrons. The third-order valence-corrected chi connectivity index (χ3v) is 2.95. The van der Waals surface area contributed by atoms with Gasteiger partial charge in [-0.15, -0.1) is 6.58 Å². The SMILES string of the molecule is C=CCCNC(=O)C1CCCC1CN. The smallest absolute Gasteiger partial charge is 0.223 e. The minimum Gasteiger partial charge on any atom is -0.356 e. The van der Waals surface area contributed by atoms with Crippen LogP contribution in [0.4, 0.5) is 0 Å². The normalized spacial score (nSPS) is 26.1. The maximum atomic E-state index is 11.7. The maximum absolute atomic E-state index is 11.7. The largest absolute Gasteiger partial charge is 0.356 e. The first-order chi connectivity index (χ1) is 6.79. The van der Waals surface area contributed by atoms with Gasteiger partial charge in [0.25, 0.3) is 0 Å². The molecule has 0 aromatic rings. The van der Waals surface area contributed by atoms with Crippen molar-refractivity contribution in [2.75, 3.05) is 13.1 Å². The first-order valence-electron chi connectivity index (χ1n) is 5.38. The summed E-state index contributed by atoms with van der Waals surface area (Å²) in [6.07, 6.45) is 5.90. The lowest BCUT2D eigenvalue weighted by atomic mass is 9.95. The Bertz CT molecular complexity index is 203. The molecule has 0 radical (unpaired) electrons. The standard InChI is InChI=1S/C11H20N2O/c1-2-3-7-13-11(14)10-6-4-5-9(10)8-12/h2,9-10H,1,3-8,12H2,(H,13,14). The van der Waals surface area contributed by atoms with Crippen LogP contribution in [0.15, 0.2) is 12.7 Å². The van der Waals surface area contributed by atoms with Crippen LogP contribution in [0, 0.1) is 11.8 Å². The molecule has 0 heterocycles. The second-order valence-corrected chi connectivity index (χ2v) is 3.90. The molecule has 1 aliphatic carbocycles. The molecule has 1 saturated carbocycles. The molecule has 2 unspecified atom stereocenters. The van der Waals surface area contributed by atoms with Crippen LogP contribution in [0.3, 0.4) is 0 Å². The zero-order chi connectivity index (χ0) is 10.4. The minimum atomic E-state index is 0.157. The number of amides is 1. The van der Waals surface area contributed by atoms with E-state index in [-0.39, 0.29) is 11.8 Å². The average Bonchev–Trinajstić information content (AvgIpc) is 2.65. The second kappa shape index (κ2) is 5.81. The van der Waals surface area contributed by atoms with Crippen molar-refractivity contribution in [2.24, 2.45) is 17.6 Å². The highest BCUT2D eigenvalue weighted by Gasteiger charge is 2.31. The number of hydrogen-bond donors (Lipinski definition) is 2. The highest BCUT2D eigenvalue weighted by molar-refractivity contribution is 5.79. The van der Waals surface area contributed by atoms with Gasteiger partial charge < -0.3 is 11.1 Å². The Morgan fingerprint density at radius 2 is 2.36 bits per heavy atom. The van der Waals surface area contributed by atoms with Gasteiger partial charge in [-0.1, -0.05) is 12.5 Å². The van der Waals surface area contributed by atoms with Crippen LogP contribution in [-0.4, -0.2) is 19.0 Å². The van der Waals surface area contributed by atoms with Crippen molar-refractivity contribution in [1.29, 1.82) is 0 Å². The van der Waals surface area contributed by atoms with Gasteiger partial charge in [0.1, 0.15) is 0 Å². The zero-order valence-electron chi connectivity index (χ0n) is 8.67. The average molecular weight is 196 g/mol. The van der Waals surface area contributed by atoms with Crippen molar-refractivity contribution >= 4 is 5.91 Å². The highest BCUT2D eigenvalue weighted by Crippen LogP contribution is 2.30. The molecule has 0 aromatic carbocycles. The molecular weight excluding hydrogens is 176 g/mol. The maximum Gasteiger partial charge on any atom is 0.223 e. The van der Waals surface area contributed by atoms with Gasteiger partial charge in [-0.2, -0.15) is 0 Å². The van der Waals surface area contributed by atoms with Gasteiger partial charge in [0.2, 0.25) is 5.91 Å². The van der Waals surface area contributed by atoms with Gasteiger partial charge in [-0.25, -0.2) is 0 Å². The lowest BCUT2D eigenvalue weighted by Gasteiger charge is -2.16. The van der Waals surface area contributed by atoms with Gasteiger partial charge in [-0.05, 0) is 31.7 Å². The first kappa shape index (κ1) is 11.2. The van der Waals surface area contributed by atoms with E-state index < -0.39 is 0 Å². The van der Waals surface area contributed by atoms with Gasteiger partial charge in [0.05, 0.1) is 0 Å². The number of carbonyl (C=O) groups excluding carboxylic acids is 1. The van der Waals surface area contributed by atoms with E-state index in [1.807, 2.05) is 6.08 Å². The molecule has 1 rings (SSSR count). The predicted molar refractivity (Wildman–Crippen MR) is 57.7 cm³/mol. The van der Waals surface area contributed by atoms with E-state index in [0.717, 1.165) is 25.7 Å². The van der Waals surface area contributed by atoms with E-state index in [9.17, 15) is 4.79 Å². The Hall–Kier alpha value is -0.830. The zero-order valence-corrected chi connectivity index (χ0v) is 8.67. The molecule has 1 amide bonds. The fraction of sp³-hybridized carbons (Fsp3) is 0.727. The molecule has 14 heavy (non-hydrogen) atoms. The van der Waals surface area contributed by atoms with E-state index in [4.69, 9.17) is 5.73 Å². The van der Waals surface area contributed by atoms with E-state index in [0.29, 0.717) is 19.0 Å². The first-order valence-corrected chi connectivity index (χ1v) is 5.38. The molecule has 1 aliphatic rings. The molecule has 3 heteroatoms. The summed E-state index contributed by atoms with van der Waals surface area (Å²) in [7, 11) is 0. The molecule has 0 aliphatic heterocycles. The Balaban J connectivity index is 2.31. The molecule has 0 aromatic heterocycles. The summed E-state index contributed by atoms with van der Waals surface area (Å²) in [5.41, 5.74) is 5.62. The van der Waals surface area contributed by atoms with Gasteiger partial charge in [0, 0.05) is 12.5 Å². The van der Waals surface area contributed by atoms with Gasteiger partial charge in [0.15, 0.2) is 0 Å². The summed E-state index contributed by atoms with van der Waals surface area (Å²) in [6, 6.07) is 0. The van der Waals surface area contributed by atoms with Crippen molar-refractivity contribution in [3.8, 4) is 0 Å². The van der Waals surface area contributed by atoms with E-state index in [1.54, 1.807) is 0 Å². The van der Waals surface area contributed by atoms with Crippen LogP contribution in [-0.2, 0) is 4.79 Å². The Labute approximate surface area is 85.7 Å². The van der Waals surface area contributed by atoms with Gasteiger partial charge in [-0.3, -0.25) is 4.79 Å². The van der Waals surface area contributed by atoms with E-state index in [1.165, 1.54) is 0 Å². The van der Waals surface area contributed by atoms with E-state index in [2.05, 4.69) is 11.9 Å². The number of carbonyl (C=O) groups is 1. The Kier molecular flexibility index (Phi) is 4.66. The summed E-state index contributed by atoms with van der Waals surface area (Å²) in [5.74, 6) is 0.739. The monoisotopic (exact) mass is 196 g/mol. The Morgan fingerprint density at radius 1 is 1.57 bits per heavy atom. The van der Waals surface area contributed by atoms with Gasteiger partial charge >= 0.3 is 0 Å². The van der Waals surface area contributed by atoms with Crippen molar-refractivity contribution < 1.29 is 4.79 Å². The second-order valence-electron chi connectivity index (χ2n) is 3.90. The quantitative estimate of drug-likeness (QED) is 0.510. The molecule has 3 N–H and O–H groups in total. The molecule has 1 fully saturated rings. The number of nitrogens with two attached hydrogens (primary N) is 1. The van der Waals surface area contributed by atoms with Crippen molar-refractivity contribution in [3.05, 3.63) is 12.7 Å². The number of hydrogen-bond acceptors (Lipinski definition) is 2. The summed E-state index contributed by atoms with van der Waals surface area (Å²) < 4.78 is 0. The minimum absolute atomic E-state index is 0.157. The van der Waals surface area contributed by atoms with Crippen LogP contribution >= 0.6 is 0 Å². The molecule has 0 saturated heterocycles. The molecular formula is C11H20N2O. The fourth-order valence-corrected chi connectivity index (χ4v) is 2.09. The van der Waals surface area contributed by atoms with Crippen LogP contribution in [0.5, 0.6) is 0 Å². The summed E-state index contributed by atoms with van der Waals surface area (Å²) in [4.78, 5) is 11.7. The predicted octanol–water partition coefficient (Wildman–Crippen LogP) is 1.05. The molecule has 0 bridgehead atoms. The molecule has 3 nitrogen and oxygen atoms in total. The lowest BCUT2D eigenvalue weighted by Crippen LogP contribution is -2.35. The summed E-state index contributed by atoms with van der Waals surface area (Å²) in [6.45, 7) is 4.96. The van der Waals surface area contributed by atoms with Crippen molar-refractivity contribution in [3.63, 3.8) is 0 Å². The summed E-state index contributed by atoms with van der Waals surface area (Å²) in [5, 5.41) is 2.92. The fourth-order valence-electron chi connectivity index (χ4n) is 2.09. The molecule has 0 spiro atoms. The molecule has 2 atom stereocenters. The number of nitrogens with one attached hydrogen (secondary N) is 1.